The fourth-order valence-corrected chi connectivity index (χ4v) is 4.03. The van der Waals surface area contributed by atoms with Crippen LogP contribution in [-0.2, 0) is 0 Å². The van der Waals surface area contributed by atoms with Gasteiger partial charge in [-0.05, 0) is 27.8 Å². The molecule has 0 aliphatic carbocycles. The SMILES string of the molecule is c1ccc(-c2pc3ccccc3c3ccccc23)cc1. The van der Waals surface area contributed by atoms with E-state index < -0.39 is 0 Å². The Labute approximate surface area is 119 Å². The molecule has 0 N–H and O–H groups in total. The number of fused-ring (bicyclic) bond motifs is 3. The Morgan fingerprint density at radius 1 is 0.500 bits per heavy atom. The van der Waals surface area contributed by atoms with Gasteiger partial charge in [-0.15, -0.1) is 0 Å². The van der Waals surface area contributed by atoms with Crippen molar-refractivity contribution in [2.75, 3.05) is 0 Å². The summed E-state index contributed by atoms with van der Waals surface area (Å²) in [5, 5.41) is 6.87. The van der Waals surface area contributed by atoms with Crippen molar-refractivity contribution >= 4 is 29.5 Å². The molecule has 4 aromatic rings. The predicted octanol–water partition coefficient (Wildman–Crippen LogP) is 6.24. The lowest BCUT2D eigenvalue weighted by atomic mass is 10.0. The molecule has 1 heteroatoms. The van der Waals surface area contributed by atoms with Crippen LogP contribution in [0.3, 0.4) is 0 Å². The van der Waals surface area contributed by atoms with Gasteiger partial charge in [0.25, 0.3) is 0 Å². The zero-order valence-electron chi connectivity index (χ0n) is 11.0. The third-order valence-corrected chi connectivity index (χ3v) is 5.01. The zero-order valence-corrected chi connectivity index (χ0v) is 11.8. The monoisotopic (exact) mass is 272 g/mol. The molecule has 0 amide bonds. The lowest BCUT2D eigenvalue weighted by Crippen LogP contribution is -1.80. The van der Waals surface area contributed by atoms with E-state index >= 15 is 0 Å². The molecule has 1 heterocycles. The van der Waals surface area contributed by atoms with E-state index in [-0.39, 0.29) is 0 Å². The van der Waals surface area contributed by atoms with Crippen molar-refractivity contribution in [1.29, 1.82) is 0 Å². The van der Waals surface area contributed by atoms with Gasteiger partial charge in [0.2, 0.25) is 0 Å². The molecule has 0 aliphatic rings. The van der Waals surface area contributed by atoms with Crippen LogP contribution in [0.4, 0.5) is 0 Å². The van der Waals surface area contributed by atoms with E-state index in [1.807, 2.05) is 0 Å². The van der Waals surface area contributed by atoms with Crippen molar-refractivity contribution in [1.82, 2.24) is 0 Å². The van der Waals surface area contributed by atoms with Gasteiger partial charge in [-0.1, -0.05) is 81.0 Å². The van der Waals surface area contributed by atoms with E-state index in [0.29, 0.717) is 0 Å². The van der Waals surface area contributed by atoms with Gasteiger partial charge in [-0.3, -0.25) is 0 Å². The van der Waals surface area contributed by atoms with E-state index in [1.54, 1.807) is 0 Å². The second kappa shape index (κ2) is 4.74. The van der Waals surface area contributed by atoms with Crippen LogP contribution < -0.4 is 0 Å². The molecule has 0 unspecified atom stereocenters. The Morgan fingerprint density at radius 3 is 1.90 bits per heavy atom. The fourth-order valence-electron chi connectivity index (χ4n) is 2.72. The molecule has 94 valence electrons. The Bertz CT molecular complexity index is 895. The molecule has 0 saturated carbocycles. The van der Waals surface area contributed by atoms with E-state index in [9.17, 15) is 0 Å². The van der Waals surface area contributed by atoms with E-state index in [0.717, 1.165) is 0 Å². The highest BCUT2D eigenvalue weighted by Crippen LogP contribution is 2.41. The zero-order chi connectivity index (χ0) is 13.4. The molecule has 0 spiro atoms. The van der Waals surface area contributed by atoms with Gasteiger partial charge in [0.15, 0.2) is 0 Å². The standard InChI is InChI=1S/C19H13P/c1-2-8-14(9-3-1)19-17-12-5-4-10-15(17)16-11-6-7-13-18(16)20-19/h1-13H. The molecule has 0 aliphatic heterocycles. The van der Waals surface area contributed by atoms with Gasteiger partial charge in [-0.2, -0.15) is 0 Å². The predicted molar refractivity (Wildman–Crippen MR) is 89.4 cm³/mol. The summed E-state index contributed by atoms with van der Waals surface area (Å²) in [6.07, 6.45) is 0. The molecule has 0 radical (unpaired) electrons. The van der Waals surface area contributed by atoms with Crippen LogP contribution >= 0.6 is 8.19 Å². The molecular weight excluding hydrogens is 259 g/mol. The van der Waals surface area contributed by atoms with Crippen LogP contribution in [0.15, 0.2) is 78.9 Å². The fraction of sp³-hybridized carbons (Fsp3) is 0. The largest absolute Gasteiger partial charge is 0.0622 e. The highest BCUT2D eigenvalue weighted by molar-refractivity contribution is 7.41. The summed E-state index contributed by atoms with van der Waals surface area (Å²) in [6.45, 7) is 0. The van der Waals surface area contributed by atoms with Crippen molar-refractivity contribution in [3.05, 3.63) is 78.9 Å². The minimum Gasteiger partial charge on any atom is -0.0622 e. The maximum Gasteiger partial charge on any atom is 0.0175 e. The first-order valence-electron chi connectivity index (χ1n) is 6.76. The van der Waals surface area contributed by atoms with Crippen molar-refractivity contribution in [3.63, 3.8) is 0 Å². The molecular formula is C19H13P. The highest BCUT2D eigenvalue weighted by Gasteiger charge is 2.07. The van der Waals surface area contributed by atoms with Crippen LogP contribution in [0.25, 0.3) is 32.1 Å². The Hall–Kier alpha value is -2.17. The summed E-state index contributed by atoms with van der Waals surface area (Å²) in [6, 6.07) is 28.1. The number of hydrogen-bond donors (Lipinski definition) is 0. The second-order valence-electron chi connectivity index (χ2n) is 4.89. The van der Waals surface area contributed by atoms with Gasteiger partial charge in [-0.25, -0.2) is 0 Å². The third kappa shape index (κ3) is 1.81. The Morgan fingerprint density at radius 2 is 1.10 bits per heavy atom. The number of benzene rings is 3. The van der Waals surface area contributed by atoms with Gasteiger partial charge in [0.1, 0.15) is 0 Å². The lowest BCUT2D eigenvalue weighted by molar-refractivity contribution is 1.70. The maximum absolute atomic E-state index is 2.24. The van der Waals surface area contributed by atoms with Gasteiger partial charge in [0, 0.05) is 10.4 Å². The molecule has 0 nitrogen and oxygen atoms in total. The van der Waals surface area contributed by atoms with Crippen LogP contribution in [-0.4, -0.2) is 0 Å². The molecule has 3 aromatic carbocycles. The van der Waals surface area contributed by atoms with Gasteiger partial charge in [0.05, 0.1) is 0 Å². The third-order valence-electron chi connectivity index (χ3n) is 3.66. The molecule has 1 aromatic heterocycles. The smallest absolute Gasteiger partial charge is 0.0175 e. The van der Waals surface area contributed by atoms with E-state index in [1.165, 1.54) is 40.3 Å². The quantitative estimate of drug-likeness (QED) is 0.360. The second-order valence-corrected chi connectivity index (χ2v) is 6.04. The number of rotatable bonds is 1. The summed E-state index contributed by atoms with van der Waals surface area (Å²) in [5.41, 5.74) is 1.32. The molecule has 0 bridgehead atoms. The Kier molecular flexibility index (Phi) is 2.76. The van der Waals surface area contributed by atoms with Crippen molar-refractivity contribution < 1.29 is 0 Å². The minimum atomic E-state index is 1.30. The summed E-state index contributed by atoms with van der Waals surface area (Å²) >= 11 is 0. The normalized spacial score (nSPS) is 11.4. The molecule has 0 atom stereocenters. The first-order valence-corrected chi connectivity index (χ1v) is 7.66. The Balaban J connectivity index is 2.19. The summed E-state index contributed by atoms with van der Waals surface area (Å²) in [4.78, 5) is 0. The van der Waals surface area contributed by atoms with Crippen LogP contribution in [0.2, 0.25) is 0 Å². The van der Waals surface area contributed by atoms with Crippen LogP contribution in [0, 0.1) is 0 Å². The maximum atomic E-state index is 2.24. The van der Waals surface area contributed by atoms with Crippen molar-refractivity contribution in [3.8, 4) is 10.9 Å². The van der Waals surface area contributed by atoms with Crippen molar-refractivity contribution in [2.45, 2.75) is 0 Å². The topological polar surface area (TPSA) is 0 Å². The summed E-state index contributed by atoms with van der Waals surface area (Å²) in [5.74, 6) is 0. The summed E-state index contributed by atoms with van der Waals surface area (Å²) in [7, 11) is 1.30. The first-order chi connectivity index (χ1) is 9.93. The van der Waals surface area contributed by atoms with E-state index in [2.05, 4.69) is 78.9 Å². The number of hydrogen-bond acceptors (Lipinski definition) is 0. The van der Waals surface area contributed by atoms with Gasteiger partial charge >= 0.3 is 0 Å². The molecule has 0 fully saturated rings. The summed E-state index contributed by atoms with van der Waals surface area (Å²) < 4.78 is 0. The van der Waals surface area contributed by atoms with Crippen molar-refractivity contribution in [2.24, 2.45) is 0 Å². The van der Waals surface area contributed by atoms with Crippen LogP contribution in [0.5, 0.6) is 0 Å². The van der Waals surface area contributed by atoms with E-state index in [4.69, 9.17) is 0 Å². The van der Waals surface area contributed by atoms with Crippen LogP contribution in [0.1, 0.15) is 0 Å². The van der Waals surface area contributed by atoms with Gasteiger partial charge < -0.3 is 0 Å². The molecule has 4 rings (SSSR count). The average Bonchev–Trinajstić information content (AvgIpc) is 2.55. The average molecular weight is 272 g/mol. The lowest BCUT2D eigenvalue weighted by Gasteiger charge is -2.10. The molecule has 0 saturated heterocycles. The first kappa shape index (κ1) is 11.6. The minimum absolute atomic E-state index is 1.30. The highest BCUT2D eigenvalue weighted by atomic mass is 31.0. The molecule has 20 heavy (non-hydrogen) atoms.